The fourth-order valence-electron chi connectivity index (χ4n) is 2.58. The second kappa shape index (κ2) is 6.55. The Balaban J connectivity index is 1.73. The van der Waals surface area contributed by atoms with Crippen molar-refractivity contribution in [2.24, 2.45) is 0 Å². The van der Waals surface area contributed by atoms with Gasteiger partial charge in [-0.2, -0.15) is 9.50 Å². The second-order valence-corrected chi connectivity index (χ2v) is 7.48. The Hall–Kier alpha value is -2.70. The van der Waals surface area contributed by atoms with Crippen LogP contribution in [0.4, 0.5) is 5.69 Å². The minimum Gasteiger partial charge on any atom is -0.378 e. The molecular formula is C19H15ClN4OS. The maximum Gasteiger partial charge on any atom is 0.291 e. The van der Waals surface area contributed by atoms with Gasteiger partial charge in [0.15, 0.2) is 5.82 Å². The van der Waals surface area contributed by atoms with Gasteiger partial charge in [-0.1, -0.05) is 35.1 Å². The van der Waals surface area contributed by atoms with Crippen LogP contribution in [0.1, 0.15) is 5.56 Å². The number of nitrogens with zero attached hydrogens (tertiary/aromatic N) is 4. The first-order valence-electron chi connectivity index (χ1n) is 7.96. The second-order valence-electron chi connectivity index (χ2n) is 6.04. The van der Waals surface area contributed by atoms with E-state index >= 15 is 0 Å². The summed E-state index contributed by atoms with van der Waals surface area (Å²) in [4.78, 5) is 19.7. The van der Waals surface area contributed by atoms with E-state index in [0.29, 0.717) is 20.3 Å². The quantitative estimate of drug-likeness (QED) is 0.546. The van der Waals surface area contributed by atoms with Crippen LogP contribution in [-0.4, -0.2) is 28.7 Å². The summed E-state index contributed by atoms with van der Waals surface area (Å²) in [6.45, 7) is 0. The monoisotopic (exact) mass is 382 g/mol. The molecule has 26 heavy (non-hydrogen) atoms. The normalized spacial score (nSPS) is 12.0. The van der Waals surface area contributed by atoms with Gasteiger partial charge in [-0.3, -0.25) is 4.79 Å². The Morgan fingerprint density at radius 1 is 1.08 bits per heavy atom. The van der Waals surface area contributed by atoms with Gasteiger partial charge in [0.1, 0.15) is 0 Å². The van der Waals surface area contributed by atoms with Gasteiger partial charge in [0.05, 0.1) is 4.53 Å². The van der Waals surface area contributed by atoms with E-state index in [1.807, 2.05) is 61.5 Å². The van der Waals surface area contributed by atoms with Crippen LogP contribution in [0.25, 0.3) is 22.4 Å². The zero-order chi connectivity index (χ0) is 18.3. The summed E-state index contributed by atoms with van der Waals surface area (Å²) < 4.78 is 1.97. The molecule has 0 aliphatic heterocycles. The molecule has 2 aromatic heterocycles. The molecule has 0 atom stereocenters. The molecule has 0 aliphatic carbocycles. The van der Waals surface area contributed by atoms with Crippen LogP contribution in [0.2, 0.25) is 5.02 Å². The predicted octanol–water partition coefficient (Wildman–Crippen LogP) is 3.09. The topological polar surface area (TPSA) is 50.5 Å². The lowest BCUT2D eigenvalue weighted by molar-refractivity contribution is 0.937. The van der Waals surface area contributed by atoms with Gasteiger partial charge >= 0.3 is 0 Å². The molecule has 0 N–H and O–H groups in total. The molecule has 0 saturated heterocycles. The standard InChI is InChI=1S/C19H15ClN4OS/c1-23(2)15-9-3-12(4-10-15)11-16-18(25)24-19(26-16)21-17(22-24)13-5-7-14(20)8-6-13/h3-11H,1-2H3/b16-11+. The maximum absolute atomic E-state index is 12.6. The molecule has 0 radical (unpaired) electrons. The molecular weight excluding hydrogens is 368 g/mol. The van der Waals surface area contributed by atoms with Crippen LogP contribution in [0.5, 0.6) is 0 Å². The van der Waals surface area contributed by atoms with Gasteiger partial charge in [-0.05, 0) is 48.0 Å². The molecule has 5 nitrogen and oxygen atoms in total. The van der Waals surface area contributed by atoms with E-state index in [1.165, 1.54) is 15.9 Å². The minimum atomic E-state index is -0.158. The highest BCUT2D eigenvalue weighted by atomic mass is 35.5. The predicted molar refractivity (Wildman–Crippen MR) is 107 cm³/mol. The number of hydrogen-bond acceptors (Lipinski definition) is 5. The Kier molecular flexibility index (Phi) is 4.22. The van der Waals surface area contributed by atoms with Crippen LogP contribution in [0.15, 0.2) is 53.3 Å². The van der Waals surface area contributed by atoms with Crippen LogP contribution in [0, 0.1) is 0 Å². The third kappa shape index (κ3) is 3.09. The first-order valence-corrected chi connectivity index (χ1v) is 9.15. The summed E-state index contributed by atoms with van der Waals surface area (Å²) in [5.74, 6) is 0.520. The molecule has 4 aromatic rings. The van der Waals surface area contributed by atoms with Gasteiger partial charge in [0.25, 0.3) is 5.56 Å². The minimum absolute atomic E-state index is 0.158. The molecule has 0 saturated carbocycles. The van der Waals surface area contributed by atoms with Crippen molar-refractivity contribution < 1.29 is 0 Å². The molecule has 7 heteroatoms. The lowest BCUT2D eigenvalue weighted by atomic mass is 10.2. The van der Waals surface area contributed by atoms with E-state index in [2.05, 4.69) is 10.1 Å². The van der Waals surface area contributed by atoms with Crippen LogP contribution in [-0.2, 0) is 0 Å². The number of anilines is 1. The highest BCUT2D eigenvalue weighted by Gasteiger charge is 2.11. The molecule has 0 aliphatic rings. The fraction of sp³-hybridized carbons (Fsp3) is 0.105. The van der Waals surface area contributed by atoms with Crippen LogP contribution in [0.3, 0.4) is 0 Å². The SMILES string of the molecule is CN(C)c1ccc(/C=c2/sc3nc(-c4ccc(Cl)cc4)nn3c2=O)cc1. The Labute approximate surface area is 158 Å². The highest BCUT2D eigenvalue weighted by Crippen LogP contribution is 2.19. The zero-order valence-electron chi connectivity index (χ0n) is 14.2. The molecule has 4 rings (SSSR count). The number of hydrogen-bond donors (Lipinski definition) is 0. The van der Waals surface area contributed by atoms with E-state index in [1.54, 1.807) is 12.1 Å². The lowest BCUT2D eigenvalue weighted by Crippen LogP contribution is -2.23. The fourth-order valence-corrected chi connectivity index (χ4v) is 3.61. The molecule has 0 spiro atoms. The molecule has 2 aromatic carbocycles. The molecule has 0 bridgehead atoms. The largest absolute Gasteiger partial charge is 0.378 e. The molecule has 2 heterocycles. The van der Waals surface area contributed by atoms with Gasteiger partial charge < -0.3 is 4.90 Å². The molecule has 0 amide bonds. The summed E-state index contributed by atoms with van der Waals surface area (Å²) in [7, 11) is 3.99. The van der Waals surface area contributed by atoms with E-state index < -0.39 is 0 Å². The third-order valence-electron chi connectivity index (χ3n) is 3.99. The van der Waals surface area contributed by atoms with E-state index in [0.717, 1.165) is 16.8 Å². The Bertz CT molecular complexity index is 1180. The van der Waals surface area contributed by atoms with Crippen molar-refractivity contribution in [1.82, 2.24) is 14.6 Å². The van der Waals surface area contributed by atoms with Crippen LogP contribution >= 0.6 is 22.9 Å². The first kappa shape index (κ1) is 16.8. The maximum atomic E-state index is 12.6. The highest BCUT2D eigenvalue weighted by molar-refractivity contribution is 7.15. The molecule has 0 unspecified atom stereocenters. The van der Waals surface area contributed by atoms with Gasteiger partial charge in [0, 0.05) is 30.4 Å². The van der Waals surface area contributed by atoms with E-state index in [-0.39, 0.29) is 5.56 Å². The van der Waals surface area contributed by atoms with Gasteiger partial charge in [-0.25, -0.2) is 0 Å². The lowest BCUT2D eigenvalue weighted by Gasteiger charge is -2.11. The summed E-state index contributed by atoms with van der Waals surface area (Å²) >= 11 is 7.24. The van der Waals surface area contributed by atoms with Crippen molar-refractivity contribution in [3.05, 3.63) is 74.0 Å². The first-order chi connectivity index (χ1) is 12.5. The number of thiazole rings is 1. The van der Waals surface area contributed by atoms with E-state index in [4.69, 9.17) is 11.6 Å². The van der Waals surface area contributed by atoms with Gasteiger partial charge in [0.2, 0.25) is 4.96 Å². The van der Waals surface area contributed by atoms with Gasteiger partial charge in [-0.15, -0.1) is 5.10 Å². The van der Waals surface area contributed by atoms with Crippen molar-refractivity contribution >= 4 is 39.7 Å². The van der Waals surface area contributed by atoms with Crippen molar-refractivity contribution in [2.75, 3.05) is 19.0 Å². The average molecular weight is 383 g/mol. The Morgan fingerprint density at radius 3 is 2.38 bits per heavy atom. The third-order valence-corrected chi connectivity index (χ3v) is 5.20. The molecule has 130 valence electrons. The number of halogens is 1. The smallest absolute Gasteiger partial charge is 0.291 e. The summed E-state index contributed by atoms with van der Waals surface area (Å²) in [6, 6.07) is 15.3. The number of benzene rings is 2. The van der Waals surface area contributed by atoms with E-state index in [9.17, 15) is 4.79 Å². The number of rotatable bonds is 3. The van der Waals surface area contributed by atoms with Crippen molar-refractivity contribution in [2.45, 2.75) is 0 Å². The van der Waals surface area contributed by atoms with Crippen molar-refractivity contribution in [3.8, 4) is 11.4 Å². The van der Waals surface area contributed by atoms with Crippen molar-refractivity contribution in [1.29, 1.82) is 0 Å². The summed E-state index contributed by atoms with van der Waals surface area (Å²) in [6.07, 6.45) is 1.87. The average Bonchev–Trinajstić information content (AvgIpc) is 3.16. The Morgan fingerprint density at radius 2 is 1.77 bits per heavy atom. The number of fused-ring (bicyclic) bond motifs is 1. The van der Waals surface area contributed by atoms with Crippen molar-refractivity contribution in [3.63, 3.8) is 0 Å². The van der Waals surface area contributed by atoms with Crippen LogP contribution < -0.4 is 15.0 Å². The molecule has 0 fully saturated rings. The number of aromatic nitrogens is 3. The zero-order valence-corrected chi connectivity index (χ0v) is 15.8. The summed E-state index contributed by atoms with van der Waals surface area (Å²) in [5.41, 5.74) is 2.75. The summed E-state index contributed by atoms with van der Waals surface area (Å²) in [5, 5.41) is 4.99.